The van der Waals surface area contributed by atoms with Crippen LogP contribution in [-0.4, -0.2) is 22.6 Å². The van der Waals surface area contributed by atoms with E-state index in [0.717, 1.165) is 21.8 Å². The van der Waals surface area contributed by atoms with E-state index in [1.807, 2.05) is 54.1 Å². The molecule has 1 amide bonds. The van der Waals surface area contributed by atoms with Gasteiger partial charge in [-0.1, -0.05) is 31.2 Å². The molecule has 6 nitrogen and oxygen atoms in total. The predicted octanol–water partition coefficient (Wildman–Crippen LogP) is 4.46. The van der Waals surface area contributed by atoms with Crippen LogP contribution < -0.4 is 15.6 Å². The van der Waals surface area contributed by atoms with Crippen LogP contribution in [0.5, 0.6) is 5.75 Å². The van der Waals surface area contributed by atoms with Crippen molar-refractivity contribution in [1.82, 2.24) is 14.9 Å². The number of nitrogens with zero attached hydrogens (tertiary/aromatic N) is 2. The maximum atomic E-state index is 13.1. The quantitative estimate of drug-likeness (QED) is 0.461. The van der Waals surface area contributed by atoms with Crippen LogP contribution in [0.3, 0.4) is 0 Å². The Morgan fingerprint density at radius 1 is 1.23 bits per heavy atom. The van der Waals surface area contributed by atoms with Crippen LogP contribution >= 0.6 is 22.7 Å². The van der Waals surface area contributed by atoms with E-state index < -0.39 is 0 Å². The fourth-order valence-corrected chi connectivity index (χ4v) is 5.16. The molecule has 30 heavy (non-hydrogen) atoms. The van der Waals surface area contributed by atoms with Gasteiger partial charge in [0.05, 0.1) is 24.9 Å². The Balaban J connectivity index is 1.59. The third-order valence-corrected chi connectivity index (χ3v) is 6.71. The molecule has 1 atom stereocenters. The summed E-state index contributed by atoms with van der Waals surface area (Å²) in [5, 5.41) is 7.50. The van der Waals surface area contributed by atoms with E-state index >= 15 is 0 Å². The van der Waals surface area contributed by atoms with Crippen LogP contribution in [0.4, 0.5) is 0 Å². The van der Waals surface area contributed by atoms with Crippen LogP contribution in [0, 0.1) is 0 Å². The lowest BCUT2D eigenvalue weighted by atomic mass is 10.0. The fourth-order valence-electron chi connectivity index (χ4n) is 3.44. The van der Waals surface area contributed by atoms with Crippen molar-refractivity contribution in [1.29, 1.82) is 0 Å². The number of para-hydroxylation sites is 1. The average molecular weight is 440 g/mol. The first-order chi connectivity index (χ1) is 14.6. The molecule has 3 heterocycles. The van der Waals surface area contributed by atoms with Gasteiger partial charge in [0.2, 0.25) is 5.91 Å². The molecule has 0 saturated heterocycles. The summed E-state index contributed by atoms with van der Waals surface area (Å²) in [7, 11) is 1.61. The molecule has 0 aliphatic rings. The second-order valence-corrected chi connectivity index (χ2v) is 8.56. The number of carbonyl (C=O) groups is 1. The van der Waals surface area contributed by atoms with Gasteiger partial charge in [0, 0.05) is 21.4 Å². The van der Waals surface area contributed by atoms with Crippen LogP contribution in [0.2, 0.25) is 0 Å². The van der Waals surface area contributed by atoms with Crippen LogP contribution in [0.25, 0.3) is 20.7 Å². The summed E-state index contributed by atoms with van der Waals surface area (Å²) in [6, 6.07) is 11.3. The van der Waals surface area contributed by atoms with Gasteiger partial charge in [-0.05, 0) is 23.9 Å². The summed E-state index contributed by atoms with van der Waals surface area (Å²) in [5.74, 6) is 0.479. The summed E-state index contributed by atoms with van der Waals surface area (Å²) in [6.45, 7) is 1.91. The van der Waals surface area contributed by atoms with E-state index in [0.29, 0.717) is 16.6 Å². The number of nitrogens with one attached hydrogen (secondary N) is 1. The molecule has 0 spiro atoms. The molecule has 0 bridgehead atoms. The predicted molar refractivity (Wildman–Crippen MR) is 121 cm³/mol. The van der Waals surface area contributed by atoms with Crippen molar-refractivity contribution in [2.75, 3.05) is 7.11 Å². The number of benzene rings is 1. The molecule has 0 aliphatic carbocycles. The van der Waals surface area contributed by atoms with Gasteiger partial charge in [-0.25, -0.2) is 4.98 Å². The lowest BCUT2D eigenvalue weighted by Gasteiger charge is -2.20. The van der Waals surface area contributed by atoms with Gasteiger partial charge in [0.15, 0.2) is 0 Å². The highest BCUT2D eigenvalue weighted by Crippen LogP contribution is 2.33. The van der Waals surface area contributed by atoms with Crippen molar-refractivity contribution in [3.8, 4) is 16.2 Å². The Bertz CT molecular complexity index is 1230. The number of rotatable bonds is 7. The molecule has 3 aromatic heterocycles. The zero-order valence-electron chi connectivity index (χ0n) is 16.6. The second-order valence-electron chi connectivity index (χ2n) is 6.75. The number of amides is 1. The van der Waals surface area contributed by atoms with E-state index in [2.05, 4.69) is 10.3 Å². The topological polar surface area (TPSA) is 73.2 Å². The van der Waals surface area contributed by atoms with Crippen LogP contribution in [0.1, 0.15) is 24.9 Å². The van der Waals surface area contributed by atoms with Gasteiger partial charge >= 0.3 is 0 Å². The number of fused-ring (bicyclic) bond motifs is 1. The monoisotopic (exact) mass is 439 g/mol. The number of ether oxygens (including phenoxy) is 1. The van der Waals surface area contributed by atoms with Crippen molar-refractivity contribution in [3.05, 3.63) is 69.4 Å². The lowest BCUT2D eigenvalue weighted by Crippen LogP contribution is -2.34. The maximum absolute atomic E-state index is 13.1. The molecule has 154 valence electrons. The number of methoxy groups -OCH3 is 1. The molecule has 1 aromatic carbocycles. The van der Waals surface area contributed by atoms with Crippen LogP contribution in [-0.2, 0) is 11.3 Å². The third kappa shape index (κ3) is 3.88. The fraction of sp³-hybridized carbons (Fsp3) is 0.227. The minimum absolute atomic E-state index is 0.0901. The van der Waals surface area contributed by atoms with Crippen molar-refractivity contribution < 1.29 is 9.53 Å². The number of carbonyl (C=O) groups excluding carboxylic acids is 1. The van der Waals surface area contributed by atoms with Crippen LogP contribution in [0.15, 0.2) is 58.3 Å². The highest BCUT2D eigenvalue weighted by Gasteiger charge is 2.19. The Hall–Kier alpha value is -2.97. The Morgan fingerprint density at radius 2 is 2.07 bits per heavy atom. The molecule has 1 N–H and O–H groups in total. The zero-order chi connectivity index (χ0) is 21.1. The van der Waals surface area contributed by atoms with Crippen molar-refractivity contribution in [3.63, 3.8) is 0 Å². The van der Waals surface area contributed by atoms with E-state index in [4.69, 9.17) is 4.74 Å². The lowest BCUT2D eigenvalue weighted by molar-refractivity contribution is -0.122. The first-order valence-corrected chi connectivity index (χ1v) is 11.3. The van der Waals surface area contributed by atoms with Gasteiger partial charge < -0.3 is 10.1 Å². The number of hydrogen-bond acceptors (Lipinski definition) is 6. The summed E-state index contributed by atoms with van der Waals surface area (Å²) in [5.41, 5.74) is 1.58. The zero-order valence-corrected chi connectivity index (χ0v) is 18.3. The molecule has 0 radical (unpaired) electrons. The minimum atomic E-state index is -0.246. The van der Waals surface area contributed by atoms with E-state index in [-0.39, 0.29) is 24.1 Å². The van der Waals surface area contributed by atoms with Gasteiger partial charge in [0.1, 0.15) is 17.1 Å². The second kappa shape index (κ2) is 8.81. The summed E-state index contributed by atoms with van der Waals surface area (Å²) < 4.78 is 6.79. The Labute approximate surface area is 181 Å². The largest absolute Gasteiger partial charge is 0.496 e. The van der Waals surface area contributed by atoms with Crippen molar-refractivity contribution in [2.24, 2.45) is 0 Å². The maximum Gasteiger partial charge on any atom is 0.263 e. The van der Waals surface area contributed by atoms with E-state index in [9.17, 15) is 9.59 Å². The summed E-state index contributed by atoms with van der Waals surface area (Å²) >= 11 is 3.01. The Kier molecular flexibility index (Phi) is 5.96. The molecule has 0 aliphatic heterocycles. The number of aromatic nitrogens is 2. The van der Waals surface area contributed by atoms with E-state index in [1.54, 1.807) is 18.4 Å². The molecule has 4 aromatic rings. The highest BCUT2D eigenvalue weighted by atomic mass is 32.1. The molecule has 0 fully saturated rings. The van der Waals surface area contributed by atoms with Gasteiger partial charge in [-0.2, -0.15) is 0 Å². The minimum Gasteiger partial charge on any atom is -0.496 e. The standard InChI is InChI=1S/C22H21N3O3S2/c1-3-16(14-7-4-5-8-17(14)28-2)24-19(26)11-25-13-23-21-20(22(25)27)15(12-30-21)18-9-6-10-29-18/h4-10,12-13,16H,3,11H2,1-2H3,(H,24,26). The first kappa shape index (κ1) is 20.3. The molecule has 4 rings (SSSR count). The molecular weight excluding hydrogens is 418 g/mol. The molecule has 1 unspecified atom stereocenters. The van der Waals surface area contributed by atoms with Gasteiger partial charge in [-0.15, -0.1) is 22.7 Å². The van der Waals surface area contributed by atoms with Gasteiger partial charge in [0.25, 0.3) is 5.56 Å². The smallest absolute Gasteiger partial charge is 0.263 e. The number of hydrogen-bond donors (Lipinski definition) is 1. The summed E-state index contributed by atoms with van der Waals surface area (Å²) in [6.07, 6.45) is 2.15. The molecule has 0 saturated carbocycles. The first-order valence-electron chi connectivity index (χ1n) is 9.55. The molecular formula is C22H21N3O3S2. The third-order valence-electron chi connectivity index (χ3n) is 4.92. The summed E-state index contributed by atoms with van der Waals surface area (Å²) in [4.78, 5) is 32.0. The van der Waals surface area contributed by atoms with Crippen molar-refractivity contribution >= 4 is 38.8 Å². The SMILES string of the molecule is CCC(NC(=O)Cn1cnc2scc(-c3cccs3)c2c1=O)c1ccccc1OC. The Morgan fingerprint density at radius 3 is 2.80 bits per heavy atom. The normalized spacial score (nSPS) is 12.1. The average Bonchev–Trinajstić information content (AvgIpc) is 3.44. The van der Waals surface area contributed by atoms with Crippen molar-refractivity contribution in [2.45, 2.75) is 25.9 Å². The van der Waals surface area contributed by atoms with E-state index in [1.165, 1.54) is 22.2 Å². The molecule has 8 heteroatoms. The van der Waals surface area contributed by atoms with Gasteiger partial charge in [-0.3, -0.25) is 14.2 Å². The number of thiophene rings is 2. The highest BCUT2D eigenvalue weighted by molar-refractivity contribution is 7.18.